The van der Waals surface area contributed by atoms with Crippen molar-refractivity contribution >= 4 is 5.57 Å². The molecule has 1 heteroatoms. The first-order chi connectivity index (χ1) is 10.8. The van der Waals surface area contributed by atoms with Gasteiger partial charge in [0, 0.05) is 0 Å². The second-order valence-electron chi connectivity index (χ2n) is 7.72. The molecule has 2 N–H and O–H groups in total. The average molecular weight is 309 g/mol. The van der Waals surface area contributed by atoms with Crippen molar-refractivity contribution < 1.29 is 0 Å². The van der Waals surface area contributed by atoms with Crippen LogP contribution in [0.25, 0.3) is 5.57 Å². The van der Waals surface area contributed by atoms with E-state index >= 15 is 0 Å². The third kappa shape index (κ3) is 4.45. The molecule has 1 aromatic carbocycles. The molecule has 0 saturated carbocycles. The summed E-state index contributed by atoms with van der Waals surface area (Å²) in [5.74, 6) is 0.530. The number of rotatable bonds is 3. The highest BCUT2D eigenvalue weighted by Crippen LogP contribution is 2.33. The van der Waals surface area contributed by atoms with Crippen LogP contribution in [0.15, 0.2) is 53.6 Å². The topological polar surface area (TPSA) is 26.0 Å². The summed E-state index contributed by atoms with van der Waals surface area (Å²) in [4.78, 5) is 0. The summed E-state index contributed by atoms with van der Waals surface area (Å²) in [6, 6.07) is 9.14. The maximum Gasteiger partial charge on any atom is -0.00367 e. The van der Waals surface area contributed by atoms with Gasteiger partial charge in [-0.05, 0) is 65.5 Å². The molecule has 0 heterocycles. The maximum atomic E-state index is 5.73. The van der Waals surface area contributed by atoms with E-state index in [1.165, 1.54) is 27.8 Å². The molecular weight excluding hydrogens is 278 g/mol. The lowest BCUT2D eigenvalue weighted by Gasteiger charge is -2.22. The lowest BCUT2D eigenvalue weighted by molar-refractivity contribution is 0.590. The van der Waals surface area contributed by atoms with Crippen LogP contribution in [-0.4, -0.2) is 6.54 Å². The van der Waals surface area contributed by atoms with Gasteiger partial charge in [0.05, 0.1) is 0 Å². The van der Waals surface area contributed by atoms with Crippen LogP contribution < -0.4 is 5.73 Å². The molecule has 1 unspecified atom stereocenters. The van der Waals surface area contributed by atoms with Crippen LogP contribution in [0, 0.1) is 5.92 Å². The minimum Gasteiger partial charge on any atom is -0.330 e. The van der Waals surface area contributed by atoms with E-state index in [2.05, 4.69) is 77.1 Å². The van der Waals surface area contributed by atoms with Crippen molar-refractivity contribution in [3.63, 3.8) is 0 Å². The molecule has 0 radical (unpaired) electrons. The normalized spacial score (nSPS) is 26.2. The summed E-state index contributed by atoms with van der Waals surface area (Å²) in [6.07, 6.45) is 8.87. The third-order valence-electron chi connectivity index (χ3n) is 4.64. The van der Waals surface area contributed by atoms with Crippen molar-refractivity contribution in [3.05, 3.63) is 64.8 Å². The summed E-state index contributed by atoms with van der Waals surface area (Å²) < 4.78 is 0. The summed E-state index contributed by atoms with van der Waals surface area (Å²) in [5, 5.41) is 0. The van der Waals surface area contributed by atoms with E-state index in [1.54, 1.807) is 0 Å². The second kappa shape index (κ2) is 7.31. The summed E-state index contributed by atoms with van der Waals surface area (Å²) in [6.45, 7) is 12.0. The second-order valence-corrected chi connectivity index (χ2v) is 7.72. The van der Waals surface area contributed by atoms with Crippen molar-refractivity contribution in [2.24, 2.45) is 11.7 Å². The molecule has 0 aromatic heterocycles. The highest BCUT2D eigenvalue weighted by molar-refractivity contribution is 5.73. The molecule has 1 aliphatic carbocycles. The van der Waals surface area contributed by atoms with Crippen molar-refractivity contribution in [1.82, 2.24) is 0 Å². The van der Waals surface area contributed by atoms with Crippen LogP contribution in [0.1, 0.15) is 58.6 Å². The van der Waals surface area contributed by atoms with Gasteiger partial charge in [0.15, 0.2) is 0 Å². The zero-order chi connectivity index (χ0) is 17.0. The van der Waals surface area contributed by atoms with Gasteiger partial charge >= 0.3 is 0 Å². The van der Waals surface area contributed by atoms with E-state index in [4.69, 9.17) is 5.73 Å². The highest BCUT2D eigenvalue weighted by atomic mass is 14.5. The Kier molecular flexibility index (Phi) is 5.64. The molecule has 0 saturated heterocycles. The summed E-state index contributed by atoms with van der Waals surface area (Å²) in [5.41, 5.74) is 12.8. The van der Waals surface area contributed by atoms with E-state index in [1.807, 2.05) is 0 Å². The molecule has 2 rings (SSSR count). The van der Waals surface area contributed by atoms with Gasteiger partial charge in [0.2, 0.25) is 0 Å². The largest absolute Gasteiger partial charge is 0.330 e. The van der Waals surface area contributed by atoms with Crippen LogP contribution in [0.5, 0.6) is 0 Å². The predicted octanol–water partition coefficient (Wildman–Crippen LogP) is 5.63. The van der Waals surface area contributed by atoms with Gasteiger partial charge in [-0.3, -0.25) is 0 Å². The molecule has 0 fully saturated rings. The molecule has 1 nitrogen and oxygen atoms in total. The first kappa shape index (κ1) is 17.7. The van der Waals surface area contributed by atoms with Gasteiger partial charge < -0.3 is 5.73 Å². The lowest BCUT2D eigenvalue weighted by Crippen LogP contribution is -2.11. The Bertz CT molecular complexity index is 621. The molecular formula is C22H31N. The number of allylic oxidation sites excluding steroid dienone is 5. The first-order valence-electron chi connectivity index (χ1n) is 8.72. The van der Waals surface area contributed by atoms with E-state index in [0.29, 0.717) is 12.5 Å². The highest BCUT2D eigenvalue weighted by Gasteiger charge is 2.17. The van der Waals surface area contributed by atoms with Gasteiger partial charge in [-0.1, -0.05) is 70.2 Å². The Balaban J connectivity index is 2.43. The Morgan fingerprint density at radius 1 is 1.13 bits per heavy atom. The summed E-state index contributed by atoms with van der Waals surface area (Å²) >= 11 is 0. The zero-order valence-electron chi connectivity index (χ0n) is 15.3. The molecule has 124 valence electrons. The molecule has 23 heavy (non-hydrogen) atoms. The fourth-order valence-corrected chi connectivity index (χ4v) is 3.32. The first-order valence-corrected chi connectivity index (χ1v) is 8.72. The van der Waals surface area contributed by atoms with Gasteiger partial charge in [0.1, 0.15) is 0 Å². The maximum absolute atomic E-state index is 5.73. The number of hydrogen-bond acceptors (Lipinski definition) is 1. The minimum atomic E-state index is 0.200. The Morgan fingerprint density at radius 3 is 2.35 bits per heavy atom. The molecule has 1 atom stereocenters. The molecule has 0 aliphatic heterocycles. The molecule has 0 spiro atoms. The Hall–Kier alpha value is -1.60. The zero-order valence-corrected chi connectivity index (χ0v) is 15.3. The van der Waals surface area contributed by atoms with Gasteiger partial charge in [-0.2, -0.15) is 0 Å². The number of nitrogens with two attached hydrogens (primary N) is 1. The fraction of sp³-hybridized carbons (Fsp3) is 0.455. The minimum absolute atomic E-state index is 0.200. The molecule has 0 bridgehead atoms. The smallest absolute Gasteiger partial charge is 0.00367 e. The molecule has 1 aliphatic rings. The predicted molar refractivity (Wildman–Crippen MR) is 102 cm³/mol. The quantitative estimate of drug-likeness (QED) is 0.769. The van der Waals surface area contributed by atoms with E-state index in [9.17, 15) is 0 Å². The fourth-order valence-electron chi connectivity index (χ4n) is 3.32. The molecule has 1 aromatic rings. The van der Waals surface area contributed by atoms with Gasteiger partial charge in [-0.25, -0.2) is 0 Å². The van der Waals surface area contributed by atoms with Gasteiger partial charge in [0.25, 0.3) is 0 Å². The third-order valence-corrected chi connectivity index (χ3v) is 4.64. The van der Waals surface area contributed by atoms with Crippen LogP contribution in [0.2, 0.25) is 0 Å². The Labute approximate surface area is 142 Å². The van der Waals surface area contributed by atoms with Crippen molar-refractivity contribution in [2.75, 3.05) is 6.54 Å². The van der Waals surface area contributed by atoms with E-state index < -0.39 is 0 Å². The monoisotopic (exact) mass is 309 g/mol. The van der Waals surface area contributed by atoms with Crippen LogP contribution in [0.3, 0.4) is 0 Å². The van der Waals surface area contributed by atoms with E-state index in [-0.39, 0.29) is 5.41 Å². The number of hydrogen-bond donors (Lipinski definition) is 1. The van der Waals surface area contributed by atoms with Crippen LogP contribution in [0.4, 0.5) is 0 Å². The number of benzene rings is 1. The summed E-state index contributed by atoms with van der Waals surface area (Å²) in [7, 11) is 0. The lowest BCUT2D eigenvalue weighted by atomic mass is 9.82. The van der Waals surface area contributed by atoms with Crippen LogP contribution >= 0.6 is 0 Å². The average Bonchev–Trinajstić information content (AvgIpc) is 2.46. The molecule has 0 amide bonds. The van der Waals surface area contributed by atoms with Crippen molar-refractivity contribution in [3.8, 4) is 0 Å². The van der Waals surface area contributed by atoms with Crippen LogP contribution in [-0.2, 0) is 5.41 Å². The van der Waals surface area contributed by atoms with Crippen molar-refractivity contribution in [2.45, 2.75) is 52.9 Å². The van der Waals surface area contributed by atoms with Gasteiger partial charge in [-0.15, -0.1) is 0 Å². The van der Waals surface area contributed by atoms with E-state index in [0.717, 1.165) is 12.8 Å². The Morgan fingerprint density at radius 2 is 1.78 bits per heavy atom. The van der Waals surface area contributed by atoms with Crippen molar-refractivity contribution in [1.29, 1.82) is 0 Å². The SMILES string of the molecule is CC1=C(\c2ccc(C(C)(C)C)cc2)C(C)C/C=C/C(CCN)=C\1. The standard InChI is InChI=1S/C22H31N/c1-16-7-6-8-18(13-14-23)15-17(2)21(16)19-9-11-20(12-10-19)22(3,4)5/h6,8-12,15-16H,7,13-14,23H2,1-5H3/b8-6+,18-15+,21-17+.